The van der Waals surface area contributed by atoms with Gasteiger partial charge in [-0.15, -0.1) is 0 Å². The van der Waals surface area contributed by atoms with Crippen LogP contribution < -0.4 is 0 Å². The average Bonchev–Trinajstić information content (AvgIpc) is 3.29. The zero-order chi connectivity index (χ0) is 15.3. The van der Waals surface area contributed by atoms with Crippen LogP contribution in [-0.4, -0.2) is 21.0 Å². The highest BCUT2D eigenvalue weighted by Gasteiger charge is 2.60. The Morgan fingerprint density at radius 1 is 0.565 bits per heavy atom. The number of thiol groups is 2. The van der Waals surface area contributed by atoms with E-state index in [4.69, 9.17) is 25.3 Å². The topological polar surface area (TPSA) is 0 Å². The van der Waals surface area contributed by atoms with E-state index in [2.05, 4.69) is 11.8 Å². The third-order valence-corrected chi connectivity index (χ3v) is 12.2. The predicted octanol–water partition coefficient (Wildman–Crippen LogP) is 5.19. The molecule has 3 heteroatoms. The summed E-state index contributed by atoms with van der Waals surface area (Å²) < 4.78 is 0. The van der Waals surface area contributed by atoms with Gasteiger partial charge in [-0.2, -0.15) is 37.0 Å². The fraction of sp³-hybridized carbons (Fsp3) is 1.00. The number of rotatable bonds is 2. The lowest BCUT2D eigenvalue weighted by molar-refractivity contribution is 0.260. The van der Waals surface area contributed by atoms with Gasteiger partial charge in [-0.25, -0.2) is 0 Å². The maximum Gasteiger partial charge on any atom is 0.00842 e. The van der Waals surface area contributed by atoms with E-state index in [9.17, 15) is 0 Å². The van der Waals surface area contributed by atoms with E-state index in [1.807, 2.05) is 0 Å². The molecule has 0 N–H and O–H groups in total. The van der Waals surface area contributed by atoms with Gasteiger partial charge in [0.1, 0.15) is 0 Å². The molecule has 0 amide bonds. The zero-order valence-corrected chi connectivity index (χ0v) is 16.5. The summed E-state index contributed by atoms with van der Waals surface area (Å²) in [5.41, 5.74) is 0. The minimum Gasteiger partial charge on any atom is -0.176 e. The predicted molar refractivity (Wildman–Crippen MR) is 106 cm³/mol. The molecule has 0 radical (unpaired) electrons. The van der Waals surface area contributed by atoms with Gasteiger partial charge in [-0.1, -0.05) is 0 Å². The standard InChI is InChI=1S/C20H30S3/c21-15-4-2-12-13-6-10(19(12)15)8-17(13)23-18-7-9-5-14(18)20-11(9)1-3-16(20)22/h9-22H,1-8H2. The lowest BCUT2D eigenvalue weighted by Gasteiger charge is -2.38. The van der Waals surface area contributed by atoms with Crippen LogP contribution in [-0.2, 0) is 0 Å². The van der Waals surface area contributed by atoms with Gasteiger partial charge in [0.05, 0.1) is 0 Å². The van der Waals surface area contributed by atoms with E-state index >= 15 is 0 Å². The second-order valence-electron chi connectivity index (χ2n) is 9.78. The second-order valence-corrected chi connectivity index (χ2v) is 12.6. The molecule has 12 unspecified atom stereocenters. The van der Waals surface area contributed by atoms with Gasteiger partial charge < -0.3 is 0 Å². The van der Waals surface area contributed by atoms with E-state index in [1.54, 1.807) is 25.7 Å². The summed E-state index contributed by atoms with van der Waals surface area (Å²) in [6.07, 6.45) is 12.0. The molecule has 0 aromatic carbocycles. The molecule has 12 atom stereocenters. The molecule has 6 aliphatic rings. The first-order valence-electron chi connectivity index (χ1n) is 10.2. The fourth-order valence-corrected chi connectivity index (χ4v) is 12.0. The largest absolute Gasteiger partial charge is 0.176 e. The highest BCUT2D eigenvalue weighted by Crippen LogP contribution is 2.66. The maximum atomic E-state index is 4.97. The smallest absolute Gasteiger partial charge is 0.00842 e. The number of thioether (sulfide) groups is 1. The molecule has 0 heterocycles. The molecule has 0 nitrogen and oxygen atoms in total. The van der Waals surface area contributed by atoms with Crippen LogP contribution in [0, 0.1) is 47.3 Å². The maximum absolute atomic E-state index is 4.97. The Balaban J connectivity index is 1.17. The summed E-state index contributed by atoms with van der Waals surface area (Å²) in [5.74, 6) is 8.36. The summed E-state index contributed by atoms with van der Waals surface area (Å²) in [5, 5.41) is 3.50. The van der Waals surface area contributed by atoms with E-state index in [1.165, 1.54) is 25.7 Å². The summed E-state index contributed by atoms with van der Waals surface area (Å²) in [6, 6.07) is 0. The van der Waals surface area contributed by atoms with Crippen molar-refractivity contribution in [2.24, 2.45) is 47.3 Å². The molecule has 0 aromatic heterocycles. The molecule has 6 aliphatic carbocycles. The van der Waals surface area contributed by atoms with Crippen LogP contribution in [0.5, 0.6) is 0 Å². The van der Waals surface area contributed by atoms with Crippen molar-refractivity contribution in [2.45, 2.75) is 72.4 Å². The molecule has 0 spiro atoms. The molecule has 4 bridgehead atoms. The SMILES string of the molecule is SC1CCC2C3CC(CC3SC3CC4CC3C3C(S)CCC43)C12. The molecule has 0 saturated heterocycles. The van der Waals surface area contributed by atoms with Gasteiger partial charge in [-0.3, -0.25) is 0 Å². The molecule has 0 aliphatic heterocycles. The minimum absolute atomic E-state index is 0.739. The van der Waals surface area contributed by atoms with Crippen molar-refractivity contribution in [3.63, 3.8) is 0 Å². The highest BCUT2D eigenvalue weighted by atomic mass is 32.2. The normalized spacial score (nSPS) is 65.5. The summed E-state index contributed by atoms with van der Waals surface area (Å²) >= 11 is 12.4. The first kappa shape index (κ1) is 15.1. The number of hydrogen-bond donors (Lipinski definition) is 2. The summed E-state index contributed by atoms with van der Waals surface area (Å²) in [4.78, 5) is 0. The first-order chi connectivity index (χ1) is 11.2. The zero-order valence-electron chi connectivity index (χ0n) is 13.9. The van der Waals surface area contributed by atoms with Gasteiger partial charge in [-0.05, 0) is 98.7 Å². The van der Waals surface area contributed by atoms with E-state index in [0.717, 1.165) is 68.3 Å². The Bertz CT molecular complexity index is 507. The molecule has 6 saturated carbocycles. The molecule has 128 valence electrons. The van der Waals surface area contributed by atoms with Gasteiger partial charge in [0.2, 0.25) is 0 Å². The monoisotopic (exact) mass is 366 g/mol. The molecule has 0 aromatic rings. The van der Waals surface area contributed by atoms with Crippen molar-refractivity contribution in [1.82, 2.24) is 0 Å². The second kappa shape index (κ2) is 5.28. The van der Waals surface area contributed by atoms with Crippen LogP contribution >= 0.6 is 37.0 Å². The van der Waals surface area contributed by atoms with Crippen molar-refractivity contribution < 1.29 is 0 Å². The quantitative estimate of drug-likeness (QED) is 0.635. The Morgan fingerprint density at radius 3 is 2.09 bits per heavy atom. The molecular weight excluding hydrogens is 336 g/mol. The van der Waals surface area contributed by atoms with Crippen molar-refractivity contribution >= 4 is 37.0 Å². The fourth-order valence-electron chi connectivity index (χ4n) is 8.58. The minimum atomic E-state index is 0.739. The van der Waals surface area contributed by atoms with Crippen molar-refractivity contribution in [3.05, 3.63) is 0 Å². The Labute approximate surface area is 156 Å². The third-order valence-electron chi connectivity index (χ3n) is 9.19. The molecular formula is C20H30S3. The van der Waals surface area contributed by atoms with Crippen LogP contribution in [0.4, 0.5) is 0 Å². The Kier molecular flexibility index (Phi) is 3.48. The third kappa shape index (κ3) is 2.02. The summed E-state index contributed by atoms with van der Waals surface area (Å²) in [7, 11) is 0. The van der Waals surface area contributed by atoms with Gasteiger partial charge in [0.15, 0.2) is 0 Å². The average molecular weight is 367 g/mol. The van der Waals surface area contributed by atoms with Crippen molar-refractivity contribution in [3.8, 4) is 0 Å². The molecule has 6 rings (SSSR count). The van der Waals surface area contributed by atoms with Crippen molar-refractivity contribution in [1.29, 1.82) is 0 Å². The van der Waals surface area contributed by atoms with Crippen LogP contribution in [0.2, 0.25) is 0 Å². The van der Waals surface area contributed by atoms with Crippen LogP contribution in [0.25, 0.3) is 0 Å². The Hall–Kier alpha value is 1.05. The number of fused-ring (bicyclic) bond motifs is 10. The van der Waals surface area contributed by atoms with Crippen LogP contribution in [0.1, 0.15) is 51.4 Å². The lowest BCUT2D eigenvalue weighted by atomic mass is 9.81. The van der Waals surface area contributed by atoms with E-state index < -0.39 is 0 Å². The lowest BCUT2D eigenvalue weighted by Crippen LogP contribution is -2.34. The van der Waals surface area contributed by atoms with Gasteiger partial charge in [0.25, 0.3) is 0 Å². The van der Waals surface area contributed by atoms with E-state index in [0.29, 0.717) is 0 Å². The van der Waals surface area contributed by atoms with Gasteiger partial charge >= 0.3 is 0 Å². The molecule has 6 fully saturated rings. The van der Waals surface area contributed by atoms with Crippen LogP contribution in [0.15, 0.2) is 0 Å². The van der Waals surface area contributed by atoms with Gasteiger partial charge in [0, 0.05) is 21.0 Å². The molecule has 23 heavy (non-hydrogen) atoms. The van der Waals surface area contributed by atoms with E-state index in [-0.39, 0.29) is 0 Å². The Morgan fingerprint density at radius 2 is 1.22 bits per heavy atom. The number of hydrogen-bond acceptors (Lipinski definition) is 3. The summed E-state index contributed by atoms with van der Waals surface area (Å²) in [6.45, 7) is 0. The van der Waals surface area contributed by atoms with Crippen molar-refractivity contribution in [2.75, 3.05) is 0 Å². The van der Waals surface area contributed by atoms with Crippen LogP contribution in [0.3, 0.4) is 0 Å². The first-order valence-corrected chi connectivity index (χ1v) is 12.2. The highest BCUT2D eigenvalue weighted by molar-refractivity contribution is 8.00.